The summed E-state index contributed by atoms with van der Waals surface area (Å²) in [5.74, 6) is 0.130. The summed E-state index contributed by atoms with van der Waals surface area (Å²) < 4.78 is 5.14. The third-order valence-electron chi connectivity index (χ3n) is 5.21. The number of ether oxygens (including phenoxy) is 1. The zero-order chi connectivity index (χ0) is 24.2. The van der Waals surface area contributed by atoms with Crippen LogP contribution in [0.2, 0.25) is 0 Å². The van der Waals surface area contributed by atoms with Gasteiger partial charge in [0.2, 0.25) is 0 Å². The molecule has 34 heavy (non-hydrogen) atoms. The van der Waals surface area contributed by atoms with Crippen LogP contribution in [-0.2, 0) is 0 Å². The summed E-state index contributed by atoms with van der Waals surface area (Å²) in [7, 11) is 1.58. The van der Waals surface area contributed by atoms with Crippen molar-refractivity contribution in [3.63, 3.8) is 0 Å². The lowest BCUT2D eigenvalue weighted by Crippen LogP contribution is -2.34. The lowest BCUT2D eigenvalue weighted by atomic mass is 10.0. The number of ketones is 1. The van der Waals surface area contributed by atoms with Crippen molar-refractivity contribution in [1.82, 2.24) is 10.3 Å². The second-order valence-corrected chi connectivity index (χ2v) is 7.91. The number of fused-ring (bicyclic) bond motifs is 1. The van der Waals surface area contributed by atoms with Crippen molar-refractivity contribution in [3.8, 4) is 22.8 Å². The minimum atomic E-state index is -0.476. The van der Waals surface area contributed by atoms with E-state index in [1.807, 2.05) is 0 Å². The molecule has 0 spiro atoms. The summed E-state index contributed by atoms with van der Waals surface area (Å²) in [6, 6.07) is 20.4. The lowest BCUT2D eigenvalue weighted by molar-refractivity contribution is 0.0976. The van der Waals surface area contributed by atoms with Gasteiger partial charge in [0.05, 0.1) is 23.9 Å². The number of pyridine rings is 1. The Morgan fingerprint density at radius 1 is 1.00 bits per heavy atom. The number of methoxy groups -OCH3 is 1. The molecular weight excluding hydrogens is 450 g/mol. The first kappa shape index (κ1) is 22.9. The largest absolute Gasteiger partial charge is 0.507 e. The van der Waals surface area contributed by atoms with Crippen molar-refractivity contribution in [3.05, 3.63) is 83.9 Å². The number of thiocarbonyl (C=S) groups is 1. The molecule has 1 aromatic heterocycles. The number of rotatable bonds is 5. The molecule has 0 radical (unpaired) electrons. The number of benzene rings is 3. The van der Waals surface area contributed by atoms with E-state index in [2.05, 4.69) is 15.6 Å². The van der Waals surface area contributed by atoms with Gasteiger partial charge < -0.3 is 15.2 Å². The fourth-order valence-electron chi connectivity index (χ4n) is 3.47. The average molecular weight is 472 g/mol. The number of nitrogens with one attached hydrogen (secondary N) is 2. The molecule has 0 aliphatic heterocycles. The minimum Gasteiger partial charge on any atom is -0.507 e. The number of anilines is 1. The van der Waals surface area contributed by atoms with Crippen LogP contribution in [0, 0.1) is 0 Å². The van der Waals surface area contributed by atoms with Gasteiger partial charge in [-0.25, -0.2) is 4.98 Å². The molecule has 0 atom stereocenters. The first-order valence-corrected chi connectivity index (χ1v) is 10.8. The van der Waals surface area contributed by atoms with Crippen LogP contribution in [0.3, 0.4) is 0 Å². The van der Waals surface area contributed by atoms with Gasteiger partial charge in [0.1, 0.15) is 11.5 Å². The topological polar surface area (TPSA) is 101 Å². The van der Waals surface area contributed by atoms with Gasteiger partial charge in [-0.05, 0) is 79.8 Å². The second-order valence-electron chi connectivity index (χ2n) is 7.50. The number of phenols is 1. The number of para-hydroxylation sites is 1. The predicted octanol–water partition coefficient (Wildman–Crippen LogP) is 4.95. The molecule has 7 nitrogen and oxygen atoms in total. The van der Waals surface area contributed by atoms with Gasteiger partial charge in [-0.3, -0.25) is 14.9 Å². The first-order valence-electron chi connectivity index (χ1n) is 10.4. The number of phenolic OH excluding ortho intramolecular Hbond substituents is 1. The van der Waals surface area contributed by atoms with Gasteiger partial charge in [0.15, 0.2) is 10.9 Å². The summed E-state index contributed by atoms with van der Waals surface area (Å²) >= 11 is 5.33. The number of aromatic nitrogens is 1. The number of amides is 1. The van der Waals surface area contributed by atoms with Gasteiger partial charge in [0, 0.05) is 22.2 Å². The van der Waals surface area contributed by atoms with E-state index in [0.717, 1.165) is 0 Å². The number of Topliss-reactive ketones (excluding diaryl/α,β-unsaturated/α-hetero) is 1. The molecule has 170 valence electrons. The fourth-order valence-corrected chi connectivity index (χ4v) is 3.68. The Balaban J connectivity index is 1.71. The predicted molar refractivity (Wildman–Crippen MR) is 136 cm³/mol. The van der Waals surface area contributed by atoms with Crippen LogP contribution in [-0.4, -0.2) is 34.0 Å². The van der Waals surface area contributed by atoms with Crippen LogP contribution < -0.4 is 15.4 Å². The van der Waals surface area contributed by atoms with Crippen LogP contribution in [0.1, 0.15) is 27.6 Å². The summed E-state index contributed by atoms with van der Waals surface area (Å²) in [5, 5.41) is 16.5. The fraction of sp³-hybridized carbons (Fsp3) is 0.0769. The van der Waals surface area contributed by atoms with Crippen LogP contribution in [0.4, 0.5) is 5.69 Å². The van der Waals surface area contributed by atoms with Gasteiger partial charge in [-0.1, -0.05) is 12.1 Å². The van der Waals surface area contributed by atoms with Crippen LogP contribution in [0.25, 0.3) is 22.2 Å². The highest BCUT2D eigenvalue weighted by Gasteiger charge is 2.18. The molecule has 3 aromatic carbocycles. The smallest absolute Gasteiger partial charge is 0.258 e. The molecule has 1 heterocycles. The molecular formula is C26H21N3O4S. The number of hydrogen-bond donors (Lipinski definition) is 3. The van der Waals surface area contributed by atoms with Crippen molar-refractivity contribution < 1.29 is 19.4 Å². The maximum absolute atomic E-state index is 13.3. The lowest BCUT2D eigenvalue weighted by Gasteiger charge is -2.13. The molecule has 4 aromatic rings. The zero-order valence-electron chi connectivity index (χ0n) is 18.5. The SMILES string of the molecule is COc1ccc(NC(=S)NC(=O)c2cc(-c3ccccc3O)nc3ccc(C(C)=O)cc23)cc1. The van der Waals surface area contributed by atoms with Gasteiger partial charge >= 0.3 is 0 Å². The molecule has 8 heteroatoms. The highest BCUT2D eigenvalue weighted by atomic mass is 32.1. The quantitative estimate of drug-likeness (QED) is 0.280. The molecule has 0 saturated carbocycles. The number of nitrogens with zero attached hydrogens (tertiary/aromatic N) is 1. The molecule has 4 rings (SSSR count). The molecule has 0 aliphatic rings. The molecule has 3 N–H and O–H groups in total. The van der Waals surface area contributed by atoms with E-state index < -0.39 is 5.91 Å². The molecule has 0 unspecified atom stereocenters. The second kappa shape index (κ2) is 9.68. The van der Waals surface area contributed by atoms with E-state index in [-0.39, 0.29) is 22.2 Å². The van der Waals surface area contributed by atoms with E-state index in [4.69, 9.17) is 17.0 Å². The van der Waals surface area contributed by atoms with E-state index in [0.29, 0.717) is 39.2 Å². The number of carbonyl (C=O) groups excluding carboxylic acids is 2. The van der Waals surface area contributed by atoms with Crippen LogP contribution in [0.15, 0.2) is 72.8 Å². The highest BCUT2D eigenvalue weighted by Crippen LogP contribution is 2.31. The Kier molecular flexibility index (Phi) is 6.51. The summed E-state index contributed by atoms with van der Waals surface area (Å²) in [6.45, 7) is 1.46. The van der Waals surface area contributed by atoms with Crippen molar-refractivity contribution in [1.29, 1.82) is 0 Å². The Morgan fingerprint density at radius 3 is 2.41 bits per heavy atom. The first-order chi connectivity index (χ1) is 16.4. The summed E-state index contributed by atoms with van der Waals surface area (Å²) in [6.07, 6.45) is 0. The maximum Gasteiger partial charge on any atom is 0.258 e. The number of carbonyl (C=O) groups is 2. The van der Waals surface area contributed by atoms with Gasteiger partial charge in [-0.15, -0.1) is 0 Å². The van der Waals surface area contributed by atoms with E-state index in [9.17, 15) is 14.7 Å². The molecule has 0 fully saturated rings. The third kappa shape index (κ3) is 4.87. The monoisotopic (exact) mass is 471 g/mol. The normalized spacial score (nSPS) is 10.5. The van der Waals surface area contributed by atoms with Crippen LogP contribution in [0.5, 0.6) is 11.5 Å². The average Bonchev–Trinajstić information content (AvgIpc) is 2.83. The maximum atomic E-state index is 13.3. The Labute approximate surface area is 201 Å². The van der Waals surface area contributed by atoms with Gasteiger partial charge in [0.25, 0.3) is 5.91 Å². The molecule has 0 bridgehead atoms. The van der Waals surface area contributed by atoms with Crippen LogP contribution >= 0.6 is 12.2 Å². The van der Waals surface area contributed by atoms with Crippen molar-refractivity contribution >= 4 is 45.6 Å². The van der Waals surface area contributed by atoms with E-state index in [1.165, 1.54) is 6.92 Å². The Morgan fingerprint density at radius 2 is 1.74 bits per heavy atom. The highest BCUT2D eigenvalue weighted by molar-refractivity contribution is 7.80. The molecule has 1 amide bonds. The van der Waals surface area contributed by atoms with E-state index >= 15 is 0 Å². The zero-order valence-corrected chi connectivity index (χ0v) is 19.3. The van der Waals surface area contributed by atoms with E-state index in [1.54, 1.807) is 79.9 Å². The Bertz CT molecular complexity index is 1420. The summed E-state index contributed by atoms with van der Waals surface area (Å²) in [4.78, 5) is 29.8. The molecule has 0 saturated heterocycles. The number of aromatic hydroxyl groups is 1. The Hall–Kier alpha value is -4.30. The van der Waals surface area contributed by atoms with Crippen molar-refractivity contribution in [2.24, 2.45) is 0 Å². The number of hydrogen-bond acceptors (Lipinski definition) is 6. The standard InChI is InChI=1S/C26H21N3O4S/c1-15(30)16-7-12-22-20(13-16)21(14-23(28-22)19-5-3-4-6-24(19)31)25(32)29-26(34)27-17-8-10-18(33-2)11-9-17/h3-14,31H,1-2H3,(H2,27,29,32,34). The van der Waals surface area contributed by atoms with Crippen molar-refractivity contribution in [2.75, 3.05) is 12.4 Å². The third-order valence-corrected chi connectivity index (χ3v) is 5.42. The minimum absolute atomic E-state index is 0.0396. The molecule has 0 aliphatic carbocycles. The van der Waals surface area contributed by atoms with Gasteiger partial charge in [-0.2, -0.15) is 0 Å². The van der Waals surface area contributed by atoms with Crippen molar-refractivity contribution in [2.45, 2.75) is 6.92 Å². The summed E-state index contributed by atoms with van der Waals surface area (Å²) in [5.41, 5.74) is 2.81.